The average molecular weight is 369 g/mol. The van der Waals surface area contributed by atoms with Gasteiger partial charge in [-0.25, -0.2) is 9.18 Å². The van der Waals surface area contributed by atoms with Crippen molar-refractivity contribution < 1.29 is 18.3 Å². The van der Waals surface area contributed by atoms with Crippen molar-refractivity contribution in [2.45, 2.75) is 26.8 Å². The second-order valence-electron chi connectivity index (χ2n) is 6.25. The van der Waals surface area contributed by atoms with Gasteiger partial charge >= 0.3 is 5.63 Å². The Morgan fingerprint density at radius 3 is 2.74 bits per heavy atom. The van der Waals surface area contributed by atoms with E-state index in [1.54, 1.807) is 37.3 Å². The zero-order valence-corrected chi connectivity index (χ0v) is 15.2. The molecule has 0 aliphatic rings. The lowest BCUT2D eigenvalue weighted by Gasteiger charge is -2.09. The minimum atomic E-state index is -0.417. The fourth-order valence-corrected chi connectivity index (χ4v) is 2.74. The van der Waals surface area contributed by atoms with E-state index in [0.717, 1.165) is 10.9 Å². The highest BCUT2D eigenvalue weighted by atomic mass is 19.1. The topological polar surface area (TPSA) is 68.5 Å². The van der Waals surface area contributed by atoms with Gasteiger partial charge in [-0.3, -0.25) is 4.79 Å². The van der Waals surface area contributed by atoms with E-state index in [2.05, 4.69) is 5.32 Å². The highest BCUT2D eigenvalue weighted by molar-refractivity contribution is 5.82. The molecule has 0 bridgehead atoms. The van der Waals surface area contributed by atoms with Crippen LogP contribution in [0, 0.1) is 12.7 Å². The molecule has 0 fully saturated rings. The van der Waals surface area contributed by atoms with Crippen LogP contribution in [0.1, 0.15) is 23.6 Å². The smallest absolute Gasteiger partial charge is 0.336 e. The molecule has 27 heavy (non-hydrogen) atoms. The minimum absolute atomic E-state index is 0.197. The van der Waals surface area contributed by atoms with Gasteiger partial charge in [0.25, 0.3) is 5.91 Å². The summed E-state index contributed by atoms with van der Waals surface area (Å²) in [6.07, 6.45) is 0.713. The van der Waals surface area contributed by atoms with Crippen molar-refractivity contribution in [2.75, 3.05) is 6.61 Å². The van der Waals surface area contributed by atoms with Gasteiger partial charge in [0, 0.05) is 24.1 Å². The van der Waals surface area contributed by atoms with Gasteiger partial charge in [-0.1, -0.05) is 19.1 Å². The van der Waals surface area contributed by atoms with Crippen LogP contribution in [-0.4, -0.2) is 12.5 Å². The third-order valence-electron chi connectivity index (χ3n) is 4.28. The predicted octanol–water partition coefficient (Wildman–Crippen LogP) is 3.50. The van der Waals surface area contributed by atoms with Gasteiger partial charge in [0.15, 0.2) is 6.61 Å². The number of fused-ring (bicyclic) bond motifs is 1. The molecule has 1 N–H and O–H groups in total. The first kappa shape index (κ1) is 18.6. The van der Waals surface area contributed by atoms with Crippen LogP contribution >= 0.6 is 0 Å². The Bertz CT molecular complexity index is 1040. The number of aryl methyl sites for hydroxylation is 2. The number of rotatable bonds is 6. The second kappa shape index (κ2) is 8.03. The van der Waals surface area contributed by atoms with Crippen LogP contribution in [0.3, 0.4) is 0 Å². The number of carbonyl (C=O) groups is 1. The first-order valence-corrected chi connectivity index (χ1v) is 8.67. The first-order valence-electron chi connectivity index (χ1n) is 8.67. The molecule has 3 aromatic rings. The fraction of sp³-hybridized carbons (Fsp3) is 0.238. The molecule has 0 atom stereocenters. The quantitative estimate of drug-likeness (QED) is 0.675. The molecular formula is C21H20FNO4. The Labute approximate surface area is 155 Å². The second-order valence-corrected chi connectivity index (χ2v) is 6.25. The summed E-state index contributed by atoms with van der Waals surface area (Å²) < 4.78 is 24.2. The van der Waals surface area contributed by atoms with Crippen molar-refractivity contribution >= 4 is 16.9 Å². The summed E-state index contributed by atoms with van der Waals surface area (Å²) >= 11 is 0. The average Bonchev–Trinajstić information content (AvgIpc) is 2.66. The number of ether oxygens (including phenoxy) is 1. The molecule has 1 aromatic heterocycles. The van der Waals surface area contributed by atoms with E-state index in [-0.39, 0.29) is 24.9 Å². The third kappa shape index (κ3) is 4.53. The van der Waals surface area contributed by atoms with Crippen LogP contribution in [0.15, 0.2) is 51.7 Å². The van der Waals surface area contributed by atoms with Gasteiger partial charge < -0.3 is 14.5 Å². The summed E-state index contributed by atoms with van der Waals surface area (Å²) in [7, 11) is 0. The largest absolute Gasteiger partial charge is 0.484 e. The highest BCUT2D eigenvalue weighted by Crippen LogP contribution is 2.23. The van der Waals surface area contributed by atoms with Gasteiger partial charge in [0.05, 0.1) is 0 Å². The zero-order chi connectivity index (χ0) is 19.4. The number of hydrogen-bond acceptors (Lipinski definition) is 4. The van der Waals surface area contributed by atoms with E-state index in [1.165, 1.54) is 12.1 Å². The Morgan fingerprint density at radius 2 is 2.00 bits per heavy atom. The van der Waals surface area contributed by atoms with Gasteiger partial charge in [-0.15, -0.1) is 0 Å². The van der Waals surface area contributed by atoms with Gasteiger partial charge in [-0.05, 0) is 48.2 Å². The number of nitrogens with one attached hydrogen (secondary N) is 1. The normalized spacial score (nSPS) is 10.8. The summed E-state index contributed by atoms with van der Waals surface area (Å²) in [6, 6.07) is 11.4. The standard InChI is InChI=1S/C21H20FNO4/c1-3-15-9-21(25)27-19-10-16(6-7-17(15)19)26-12-20(24)23-11-14-5-4-13(2)18(22)8-14/h4-10H,3,11-12H2,1-2H3,(H,23,24). The number of amides is 1. The maximum absolute atomic E-state index is 13.5. The van der Waals surface area contributed by atoms with E-state index in [4.69, 9.17) is 9.15 Å². The first-order chi connectivity index (χ1) is 13.0. The van der Waals surface area contributed by atoms with Crippen molar-refractivity contribution in [1.29, 1.82) is 0 Å². The maximum Gasteiger partial charge on any atom is 0.336 e. The van der Waals surface area contributed by atoms with Crippen LogP contribution in [0.2, 0.25) is 0 Å². The van der Waals surface area contributed by atoms with Crippen molar-refractivity contribution in [3.05, 3.63) is 75.4 Å². The Balaban J connectivity index is 1.61. The molecule has 140 valence electrons. The summed E-state index contributed by atoms with van der Waals surface area (Å²) in [4.78, 5) is 23.6. The highest BCUT2D eigenvalue weighted by Gasteiger charge is 2.08. The van der Waals surface area contributed by atoms with Crippen molar-refractivity contribution in [1.82, 2.24) is 5.32 Å². The Hall–Kier alpha value is -3.15. The number of carbonyl (C=O) groups excluding carboxylic acids is 1. The predicted molar refractivity (Wildman–Crippen MR) is 100 cm³/mol. The zero-order valence-electron chi connectivity index (χ0n) is 15.2. The molecule has 0 radical (unpaired) electrons. The van der Waals surface area contributed by atoms with Crippen LogP contribution in [-0.2, 0) is 17.8 Å². The third-order valence-corrected chi connectivity index (χ3v) is 4.28. The number of benzene rings is 2. The molecule has 0 saturated heterocycles. The monoisotopic (exact) mass is 369 g/mol. The van der Waals surface area contributed by atoms with E-state index in [1.807, 2.05) is 6.92 Å². The van der Waals surface area contributed by atoms with Crippen molar-refractivity contribution in [3.63, 3.8) is 0 Å². The molecule has 0 saturated carbocycles. The summed E-state index contributed by atoms with van der Waals surface area (Å²) in [5, 5.41) is 3.52. The van der Waals surface area contributed by atoms with Crippen molar-refractivity contribution in [2.24, 2.45) is 0 Å². The van der Waals surface area contributed by atoms with Crippen molar-refractivity contribution in [3.8, 4) is 5.75 Å². The molecule has 6 heteroatoms. The molecule has 1 amide bonds. The molecule has 0 aliphatic carbocycles. The van der Waals surface area contributed by atoms with Crippen LogP contribution in [0.25, 0.3) is 11.0 Å². The summed E-state index contributed by atoms with van der Waals surface area (Å²) in [6.45, 7) is 3.66. The molecule has 0 aliphatic heterocycles. The molecule has 0 spiro atoms. The fourth-order valence-electron chi connectivity index (χ4n) is 2.74. The lowest BCUT2D eigenvalue weighted by molar-refractivity contribution is -0.123. The van der Waals surface area contributed by atoms with E-state index in [9.17, 15) is 14.0 Å². The summed E-state index contributed by atoms with van der Waals surface area (Å²) in [5.41, 5.74) is 2.14. The van der Waals surface area contributed by atoms with Gasteiger partial charge in [0.1, 0.15) is 17.1 Å². The van der Waals surface area contributed by atoms with E-state index >= 15 is 0 Å². The molecule has 3 rings (SSSR count). The molecule has 0 unspecified atom stereocenters. The van der Waals surface area contributed by atoms with Gasteiger partial charge in [-0.2, -0.15) is 0 Å². The molecular weight excluding hydrogens is 349 g/mol. The molecule has 5 nitrogen and oxygen atoms in total. The van der Waals surface area contributed by atoms with E-state index in [0.29, 0.717) is 28.9 Å². The minimum Gasteiger partial charge on any atom is -0.484 e. The number of halogens is 1. The Morgan fingerprint density at radius 1 is 1.19 bits per heavy atom. The van der Waals surface area contributed by atoms with Crippen LogP contribution in [0.5, 0.6) is 5.75 Å². The van der Waals surface area contributed by atoms with Crippen LogP contribution < -0.4 is 15.7 Å². The van der Waals surface area contributed by atoms with Gasteiger partial charge in [0.2, 0.25) is 0 Å². The lowest BCUT2D eigenvalue weighted by atomic mass is 10.1. The van der Waals surface area contributed by atoms with Crippen LogP contribution in [0.4, 0.5) is 4.39 Å². The number of hydrogen-bond donors (Lipinski definition) is 1. The maximum atomic E-state index is 13.5. The summed E-state index contributed by atoms with van der Waals surface area (Å²) in [5.74, 6) is -0.211. The molecule has 1 heterocycles. The van der Waals surface area contributed by atoms with E-state index < -0.39 is 5.63 Å². The lowest BCUT2D eigenvalue weighted by Crippen LogP contribution is -2.28. The SMILES string of the molecule is CCc1cc(=O)oc2cc(OCC(=O)NCc3ccc(C)c(F)c3)ccc12. The molecule has 2 aromatic carbocycles. The Kier molecular flexibility index (Phi) is 5.54.